The van der Waals surface area contributed by atoms with Crippen molar-refractivity contribution in [2.24, 2.45) is 0 Å². The molecule has 0 aliphatic carbocycles. The number of carbonyl (C=O) groups excluding carboxylic acids is 1. The molecule has 156 valence electrons. The number of halogens is 2. The summed E-state index contributed by atoms with van der Waals surface area (Å²) in [6.07, 6.45) is 1.37. The molecule has 2 aromatic heterocycles. The molecule has 0 aliphatic heterocycles. The van der Waals surface area contributed by atoms with E-state index in [0.717, 1.165) is 23.5 Å². The van der Waals surface area contributed by atoms with Gasteiger partial charge in [0, 0.05) is 17.4 Å². The molecule has 0 saturated carbocycles. The van der Waals surface area contributed by atoms with Crippen LogP contribution >= 0.6 is 0 Å². The van der Waals surface area contributed by atoms with Crippen molar-refractivity contribution in [2.45, 2.75) is 13.8 Å². The maximum atomic E-state index is 13.8. The third kappa shape index (κ3) is 4.40. The molecular formula is C22H17F2N5O2. The molecule has 0 saturated heterocycles. The number of anilines is 1. The van der Waals surface area contributed by atoms with E-state index in [1.807, 2.05) is 19.9 Å². The molecular weight excluding hydrogens is 404 g/mol. The predicted molar refractivity (Wildman–Crippen MR) is 109 cm³/mol. The standard InChI is InChI=1S/C22H17F2N5O2/c1-13-10-14(2)29(28-13)19-11-20(26-12-25-19)31-16-8-6-15(7-9-16)27-22(30)21-17(23)4-3-5-18(21)24/h3-12H,1-2H3,(H,27,30). The van der Waals surface area contributed by atoms with E-state index in [-0.39, 0.29) is 0 Å². The maximum Gasteiger partial charge on any atom is 0.261 e. The largest absolute Gasteiger partial charge is 0.439 e. The van der Waals surface area contributed by atoms with E-state index in [1.165, 1.54) is 12.4 Å². The Morgan fingerprint density at radius 1 is 1.00 bits per heavy atom. The van der Waals surface area contributed by atoms with Crippen molar-refractivity contribution in [1.82, 2.24) is 19.7 Å². The number of nitrogens with one attached hydrogen (secondary N) is 1. The predicted octanol–water partition coefficient (Wildman–Crippen LogP) is 4.60. The molecule has 1 N–H and O–H groups in total. The normalized spacial score (nSPS) is 10.7. The zero-order valence-corrected chi connectivity index (χ0v) is 16.6. The monoisotopic (exact) mass is 421 g/mol. The van der Waals surface area contributed by atoms with Crippen molar-refractivity contribution >= 4 is 11.6 Å². The van der Waals surface area contributed by atoms with Crippen LogP contribution in [0.3, 0.4) is 0 Å². The van der Waals surface area contributed by atoms with Gasteiger partial charge < -0.3 is 10.1 Å². The number of rotatable bonds is 5. The van der Waals surface area contributed by atoms with E-state index in [9.17, 15) is 13.6 Å². The van der Waals surface area contributed by atoms with Crippen molar-refractivity contribution in [1.29, 1.82) is 0 Å². The second-order valence-electron chi connectivity index (χ2n) is 6.73. The number of ether oxygens (including phenoxy) is 1. The van der Waals surface area contributed by atoms with E-state index in [1.54, 1.807) is 35.0 Å². The lowest BCUT2D eigenvalue weighted by atomic mass is 10.2. The van der Waals surface area contributed by atoms with E-state index in [0.29, 0.717) is 23.1 Å². The van der Waals surface area contributed by atoms with Gasteiger partial charge in [-0.05, 0) is 56.3 Å². The highest BCUT2D eigenvalue weighted by Gasteiger charge is 2.17. The summed E-state index contributed by atoms with van der Waals surface area (Å²) >= 11 is 0. The number of hydrogen-bond acceptors (Lipinski definition) is 5. The van der Waals surface area contributed by atoms with Gasteiger partial charge in [0.15, 0.2) is 5.82 Å². The fourth-order valence-electron chi connectivity index (χ4n) is 3.00. The first kappa shape index (κ1) is 20.1. The van der Waals surface area contributed by atoms with Crippen LogP contribution in [0.2, 0.25) is 0 Å². The van der Waals surface area contributed by atoms with Crippen LogP contribution in [0.15, 0.2) is 60.9 Å². The van der Waals surface area contributed by atoms with Crippen molar-refractivity contribution in [3.8, 4) is 17.4 Å². The van der Waals surface area contributed by atoms with Gasteiger partial charge in [0.2, 0.25) is 5.88 Å². The zero-order valence-electron chi connectivity index (χ0n) is 16.6. The lowest BCUT2D eigenvalue weighted by molar-refractivity contribution is 0.101. The van der Waals surface area contributed by atoms with Crippen molar-refractivity contribution in [3.63, 3.8) is 0 Å². The van der Waals surface area contributed by atoms with Crippen LogP contribution in [-0.4, -0.2) is 25.7 Å². The van der Waals surface area contributed by atoms with Crippen molar-refractivity contribution in [3.05, 3.63) is 89.5 Å². The van der Waals surface area contributed by atoms with Gasteiger partial charge in [0.25, 0.3) is 5.91 Å². The number of amides is 1. The van der Waals surface area contributed by atoms with Crippen LogP contribution < -0.4 is 10.1 Å². The Balaban J connectivity index is 1.47. The lowest BCUT2D eigenvalue weighted by Gasteiger charge is -2.09. The first-order valence-corrected chi connectivity index (χ1v) is 9.29. The third-order valence-electron chi connectivity index (χ3n) is 4.38. The van der Waals surface area contributed by atoms with Crippen molar-refractivity contribution in [2.75, 3.05) is 5.32 Å². The lowest BCUT2D eigenvalue weighted by Crippen LogP contribution is -2.15. The van der Waals surface area contributed by atoms with E-state index < -0.39 is 23.1 Å². The molecule has 0 spiro atoms. The quantitative estimate of drug-likeness (QED) is 0.509. The van der Waals surface area contributed by atoms with Gasteiger partial charge in [-0.25, -0.2) is 23.4 Å². The minimum atomic E-state index is -0.931. The fraction of sp³-hybridized carbons (Fsp3) is 0.0909. The molecule has 1 amide bonds. The van der Waals surface area contributed by atoms with Gasteiger partial charge in [-0.1, -0.05) is 6.07 Å². The second-order valence-corrected chi connectivity index (χ2v) is 6.73. The van der Waals surface area contributed by atoms with E-state index in [2.05, 4.69) is 20.4 Å². The molecule has 0 radical (unpaired) electrons. The molecule has 31 heavy (non-hydrogen) atoms. The van der Waals surface area contributed by atoms with Gasteiger partial charge in [0.1, 0.15) is 29.3 Å². The Hall–Kier alpha value is -4.14. The average molecular weight is 421 g/mol. The van der Waals surface area contributed by atoms with Crippen LogP contribution in [0, 0.1) is 25.5 Å². The summed E-state index contributed by atoms with van der Waals surface area (Å²) in [5.74, 6) is -1.42. The van der Waals surface area contributed by atoms with E-state index in [4.69, 9.17) is 4.74 Å². The Bertz CT molecular complexity index is 1240. The number of benzene rings is 2. The van der Waals surface area contributed by atoms with Gasteiger partial charge in [0.05, 0.1) is 5.69 Å². The topological polar surface area (TPSA) is 81.9 Å². The molecule has 0 bridgehead atoms. The first-order chi connectivity index (χ1) is 14.9. The summed E-state index contributed by atoms with van der Waals surface area (Å²) < 4.78 is 34.9. The number of aryl methyl sites for hydroxylation is 2. The Labute approximate surface area is 176 Å². The zero-order chi connectivity index (χ0) is 22.0. The van der Waals surface area contributed by atoms with E-state index >= 15 is 0 Å². The Kier molecular flexibility index (Phi) is 5.40. The highest BCUT2D eigenvalue weighted by Crippen LogP contribution is 2.23. The average Bonchev–Trinajstić information content (AvgIpc) is 3.07. The minimum Gasteiger partial charge on any atom is -0.439 e. The Morgan fingerprint density at radius 2 is 1.71 bits per heavy atom. The summed E-state index contributed by atoms with van der Waals surface area (Å²) in [6, 6.07) is 13.1. The highest BCUT2D eigenvalue weighted by molar-refractivity contribution is 6.04. The summed E-state index contributed by atoms with van der Waals surface area (Å²) in [5.41, 5.74) is 1.51. The van der Waals surface area contributed by atoms with Gasteiger partial charge in [-0.2, -0.15) is 5.10 Å². The highest BCUT2D eigenvalue weighted by atomic mass is 19.1. The summed E-state index contributed by atoms with van der Waals surface area (Å²) in [4.78, 5) is 20.5. The van der Waals surface area contributed by atoms with Crippen LogP contribution in [-0.2, 0) is 0 Å². The summed E-state index contributed by atoms with van der Waals surface area (Å²) in [7, 11) is 0. The molecule has 0 fully saturated rings. The SMILES string of the molecule is Cc1cc(C)n(-c2cc(Oc3ccc(NC(=O)c4c(F)cccc4F)cc3)ncn2)n1. The fourth-order valence-corrected chi connectivity index (χ4v) is 3.00. The molecule has 0 atom stereocenters. The summed E-state index contributed by atoms with van der Waals surface area (Å²) in [5, 5.41) is 6.84. The molecule has 4 rings (SSSR count). The molecule has 0 aliphatic rings. The first-order valence-electron chi connectivity index (χ1n) is 9.29. The molecule has 0 unspecified atom stereocenters. The number of nitrogens with zero attached hydrogens (tertiary/aromatic N) is 4. The van der Waals surface area contributed by atoms with Crippen molar-refractivity contribution < 1.29 is 18.3 Å². The molecule has 9 heteroatoms. The minimum absolute atomic E-state index is 0.308. The Morgan fingerprint density at radius 3 is 2.35 bits per heavy atom. The van der Waals surface area contributed by atoms with Crippen LogP contribution in [0.1, 0.15) is 21.7 Å². The van der Waals surface area contributed by atoms with Crippen LogP contribution in [0.4, 0.5) is 14.5 Å². The number of hydrogen-bond donors (Lipinski definition) is 1. The molecule has 4 aromatic rings. The number of carbonyl (C=O) groups is 1. The van der Waals surface area contributed by atoms with Crippen LogP contribution in [0.5, 0.6) is 11.6 Å². The number of aromatic nitrogens is 4. The third-order valence-corrected chi connectivity index (χ3v) is 4.38. The van der Waals surface area contributed by atoms with Gasteiger partial charge >= 0.3 is 0 Å². The smallest absolute Gasteiger partial charge is 0.261 e. The van der Waals surface area contributed by atoms with Crippen LogP contribution in [0.25, 0.3) is 5.82 Å². The molecule has 2 aromatic carbocycles. The maximum absolute atomic E-state index is 13.8. The molecule has 7 nitrogen and oxygen atoms in total. The second kappa shape index (κ2) is 8.31. The van der Waals surface area contributed by atoms with Gasteiger partial charge in [-0.3, -0.25) is 4.79 Å². The van der Waals surface area contributed by atoms with Gasteiger partial charge in [-0.15, -0.1) is 0 Å². The summed E-state index contributed by atoms with van der Waals surface area (Å²) in [6.45, 7) is 3.81. The molecule has 2 heterocycles.